The van der Waals surface area contributed by atoms with Gasteiger partial charge in [0.1, 0.15) is 0 Å². The summed E-state index contributed by atoms with van der Waals surface area (Å²) in [6.45, 7) is 8.55. The zero-order valence-electron chi connectivity index (χ0n) is 7.60. The summed E-state index contributed by atoms with van der Waals surface area (Å²) in [5, 5.41) is 3.42. The molecular formula is C9H20N2. The lowest BCUT2D eigenvalue weighted by Gasteiger charge is -2.23. The lowest BCUT2D eigenvalue weighted by atomic mass is 10.2. The third-order valence-electron chi connectivity index (χ3n) is 2.20. The summed E-state index contributed by atoms with van der Waals surface area (Å²) >= 11 is 0. The fraction of sp³-hybridized carbons (Fsp3) is 1.00. The minimum Gasteiger partial charge on any atom is -0.317 e. The molecule has 2 heteroatoms. The van der Waals surface area contributed by atoms with Crippen LogP contribution in [0.1, 0.15) is 26.2 Å². The van der Waals surface area contributed by atoms with Crippen LogP contribution in [0.5, 0.6) is 0 Å². The molecular weight excluding hydrogens is 136 g/mol. The molecule has 0 aromatic carbocycles. The lowest BCUT2D eigenvalue weighted by Crippen LogP contribution is -2.34. The molecule has 1 rings (SSSR count). The van der Waals surface area contributed by atoms with Gasteiger partial charge in [0.25, 0.3) is 0 Å². The molecule has 0 unspecified atom stereocenters. The van der Waals surface area contributed by atoms with Crippen LogP contribution in [0.15, 0.2) is 0 Å². The van der Waals surface area contributed by atoms with Crippen LogP contribution in [0.3, 0.4) is 0 Å². The molecule has 1 aliphatic heterocycles. The highest BCUT2D eigenvalue weighted by Gasteiger charge is 2.04. The Kier molecular flexibility index (Phi) is 4.55. The number of hydrogen-bond donors (Lipinski definition) is 1. The Hall–Kier alpha value is -0.0800. The summed E-state index contributed by atoms with van der Waals surface area (Å²) in [5.74, 6) is 0. The average Bonchev–Trinajstić information content (AvgIpc) is 1.94. The molecule has 0 radical (unpaired) electrons. The molecule has 0 bridgehead atoms. The Labute approximate surface area is 70.0 Å². The van der Waals surface area contributed by atoms with Crippen LogP contribution in [0.4, 0.5) is 0 Å². The van der Waals surface area contributed by atoms with Crippen LogP contribution < -0.4 is 5.32 Å². The predicted octanol–water partition coefficient (Wildman–Crippen LogP) is 1.08. The van der Waals surface area contributed by atoms with Crippen molar-refractivity contribution in [1.82, 2.24) is 10.2 Å². The highest BCUT2D eigenvalue weighted by molar-refractivity contribution is 4.63. The van der Waals surface area contributed by atoms with Gasteiger partial charge in [0.15, 0.2) is 0 Å². The smallest absolute Gasteiger partial charge is 0.000663 e. The molecule has 1 aliphatic rings. The largest absolute Gasteiger partial charge is 0.317 e. The van der Waals surface area contributed by atoms with E-state index >= 15 is 0 Å². The van der Waals surface area contributed by atoms with E-state index in [1.54, 1.807) is 0 Å². The normalized spacial score (nSPS) is 22.6. The molecule has 0 aromatic rings. The number of nitrogens with zero attached hydrogens (tertiary/aromatic N) is 1. The third kappa shape index (κ3) is 3.73. The van der Waals surface area contributed by atoms with Gasteiger partial charge in [-0.3, -0.25) is 0 Å². The van der Waals surface area contributed by atoms with E-state index in [1.165, 1.54) is 52.0 Å². The SMILES string of the molecule is CCCN1CCCNCCC1. The first-order valence-electron chi connectivity index (χ1n) is 4.86. The number of hydrogen-bond acceptors (Lipinski definition) is 2. The molecule has 0 amide bonds. The molecule has 0 saturated carbocycles. The quantitative estimate of drug-likeness (QED) is 0.643. The van der Waals surface area contributed by atoms with E-state index in [0.29, 0.717) is 0 Å². The fourth-order valence-electron chi connectivity index (χ4n) is 1.63. The van der Waals surface area contributed by atoms with Crippen molar-refractivity contribution in [2.75, 3.05) is 32.7 Å². The Balaban J connectivity index is 2.15. The third-order valence-corrected chi connectivity index (χ3v) is 2.20. The molecule has 66 valence electrons. The van der Waals surface area contributed by atoms with Crippen molar-refractivity contribution in [3.63, 3.8) is 0 Å². The van der Waals surface area contributed by atoms with Gasteiger partial charge in [0, 0.05) is 0 Å². The molecule has 11 heavy (non-hydrogen) atoms. The topological polar surface area (TPSA) is 15.3 Å². The first-order chi connectivity index (χ1) is 5.43. The maximum Gasteiger partial charge on any atom is -0.000663 e. The summed E-state index contributed by atoms with van der Waals surface area (Å²) in [7, 11) is 0. The number of rotatable bonds is 2. The van der Waals surface area contributed by atoms with Crippen LogP contribution >= 0.6 is 0 Å². The van der Waals surface area contributed by atoms with Gasteiger partial charge in [-0.2, -0.15) is 0 Å². The van der Waals surface area contributed by atoms with E-state index < -0.39 is 0 Å². The monoisotopic (exact) mass is 156 g/mol. The Morgan fingerprint density at radius 3 is 2.36 bits per heavy atom. The number of nitrogens with one attached hydrogen (secondary N) is 1. The van der Waals surface area contributed by atoms with E-state index in [1.807, 2.05) is 0 Å². The zero-order chi connectivity index (χ0) is 7.94. The van der Waals surface area contributed by atoms with Gasteiger partial charge in [-0.1, -0.05) is 6.92 Å². The summed E-state index contributed by atoms with van der Waals surface area (Å²) in [5.41, 5.74) is 0. The van der Waals surface area contributed by atoms with Crippen molar-refractivity contribution in [1.29, 1.82) is 0 Å². The highest BCUT2D eigenvalue weighted by Crippen LogP contribution is 1.97. The molecule has 2 nitrogen and oxygen atoms in total. The minimum atomic E-state index is 1.21. The van der Waals surface area contributed by atoms with Gasteiger partial charge >= 0.3 is 0 Å². The first-order valence-corrected chi connectivity index (χ1v) is 4.86. The Morgan fingerprint density at radius 1 is 1.18 bits per heavy atom. The van der Waals surface area contributed by atoms with E-state index in [2.05, 4.69) is 17.1 Å². The van der Waals surface area contributed by atoms with Crippen LogP contribution in [0.2, 0.25) is 0 Å². The Bertz CT molecular complexity index is 85.6. The van der Waals surface area contributed by atoms with Gasteiger partial charge in [-0.25, -0.2) is 0 Å². The van der Waals surface area contributed by atoms with Gasteiger partial charge < -0.3 is 10.2 Å². The lowest BCUT2D eigenvalue weighted by molar-refractivity contribution is 0.253. The van der Waals surface area contributed by atoms with E-state index in [4.69, 9.17) is 0 Å². The van der Waals surface area contributed by atoms with E-state index in [-0.39, 0.29) is 0 Å². The summed E-state index contributed by atoms with van der Waals surface area (Å²) in [4.78, 5) is 2.58. The standard InChI is InChI=1S/C9H20N2/c1-2-7-11-8-3-5-10-6-4-9-11/h10H,2-9H2,1H3. The zero-order valence-corrected chi connectivity index (χ0v) is 7.60. The maximum absolute atomic E-state index is 3.42. The molecule has 0 spiro atoms. The van der Waals surface area contributed by atoms with Crippen molar-refractivity contribution >= 4 is 0 Å². The molecule has 1 saturated heterocycles. The molecule has 1 fully saturated rings. The van der Waals surface area contributed by atoms with Crippen LogP contribution in [-0.4, -0.2) is 37.6 Å². The van der Waals surface area contributed by atoms with Gasteiger partial charge in [0.05, 0.1) is 0 Å². The first kappa shape index (κ1) is 9.01. The van der Waals surface area contributed by atoms with Gasteiger partial charge in [0.2, 0.25) is 0 Å². The highest BCUT2D eigenvalue weighted by atomic mass is 15.1. The van der Waals surface area contributed by atoms with Crippen LogP contribution in [0, 0.1) is 0 Å². The van der Waals surface area contributed by atoms with Crippen molar-refractivity contribution in [3.8, 4) is 0 Å². The summed E-state index contributed by atoms with van der Waals surface area (Å²) in [6, 6.07) is 0. The van der Waals surface area contributed by atoms with Gasteiger partial charge in [-0.05, 0) is 52.0 Å². The summed E-state index contributed by atoms with van der Waals surface area (Å²) in [6.07, 6.45) is 3.94. The molecule has 0 aromatic heterocycles. The maximum atomic E-state index is 3.42. The molecule has 0 aliphatic carbocycles. The minimum absolute atomic E-state index is 1.21. The second-order valence-corrected chi connectivity index (χ2v) is 3.30. The van der Waals surface area contributed by atoms with Crippen LogP contribution in [-0.2, 0) is 0 Å². The summed E-state index contributed by atoms with van der Waals surface area (Å²) < 4.78 is 0. The van der Waals surface area contributed by atoms with Crippen molar-refractivity contribution in [2.45, 2.75) is 26.2 Å². The van der Waals surface area contributed by atoms with E-state index in [0.717, 1.165) is 0 Å². The fourth-order valence-corrected chi connectivity index (χ4v) is 1.63. The van der Waals surface area contributed by atoms with Crippen molar-refractivity contribution < 1.29 is 0 Å². The predicted molar refractivity (Wildman–Crippen MR) is 48.8 cm³/mol. The second kappa shape index (κ2) is 5.56. The average molecular weight is 156 g/mol. The second-order valence-electron chi connectivity index (χ2n) is 3.30. The van der Waals surface area contributed by atoms with Crippen LogP contribution in [0.25, 0.3) is 0 Å². The Morgan fingerprint density at radius 2 is 1.82 bits per heavy atom. The molecule has 1 heterocycles. The van der Waals surface area contributed by atoms with Crippen molar-refractivity contribution in [2.24, 2.45) is 0 Å². The van der Waals surface area contributed by atoms with Gasteiger partial charge in [-0.15, -0.1) is 0 Å². The molecule has 1 N–H and O–H groups in total. The molecule has 0 atom stereocenters. The van der Waals surface area contributed by atoms with Crippen molar-refractivity contribution in [3.05, 3.63) is 0 Å². The van der Waals surface area contributed by atoms with E-state index in [9.17, 15) is 0 Å².